The molecular weight excluding hydrogens is 432 g/mol. The van der Waals surface area contributed by atoms with Gasteiger partial charge in [-0.05, 0) is 95.9 Å². The van der Waals surface area contributed by atoms with Crippen molar-refractivity contribution in [3.63, 3.8) is 0 Å². The zero-order valence-electron chi connectivity index (χ0n) is 21.5. The number of hydrogen-bond donors (Lipinski definition) is 0. The lowest BCUT2D eigenvalue weighted by Crippen LogP contribution is -2.48. The molecule has 0 amide bonds. The molecule has 0 heterocycles. The molecule has 0 N–H and O–H groups in total. The van der Waals surface area contributed by atoms with Gasteiger partial charge in [-0.1, -0.05) is 42.3 Å². The standard InChI is InChI=1S/C28H36O6/c1-16-9-10-28(8,34-33-27(30)25-21(6)13-18(3)14-22(25)7)23(15-16)31-32-26(29)24-19(4)11-17(2)12-20(24)5/h11-14,16,23H,9-10,15H2,1-8H3. The lowest BCUT2D eigenvalue weighted by Gasteiger charge is -2.39. The number of hydrogen-bond acceptors (Lipinski definition) is 6. The summed E-state index contributed by atoms with van der Waals surface area (Å²) in [4.78, 5) is 47.6. The highest BCUT2D eigenvalue weighted by molar-refractivity contribution is 5.93. The van der Waals surface area contributed by atoms with E-state index in [0.29, 0.717) is 29.9 Å². The molecule has 0 aliphatic heterocycles. The van der Waals surface area contributed by atoms with E-state index < -0.39 is 23.6 Å². The Morgan fingerprint density at radius 2 is 1.24 bits per heavy atom. The van der Waals surface area contributed by atoms with Gasteiger partial charge in [0.05, 0.1) is 11.1 Å². The minimum Gasteiger partial charge on any atom is -0.292 e. The third-order valence-electron chi connectivity index (χ3n) is 6.74. The van der Waals surface area contributed by atoms with Gasteiger partial charge in [0.1, 0.15) is 11.7 Å². The summed E-state index contributed by atoms with van der Waals surface area (Å²) >= 11 is 0. The summed E-state index contributed by atoms with van der Waals surface area (Å²) in [7, 11) is 0. The minimum absolute atomic E-state index is 0.348. The first kappa shape index (κ1) is 25.9. The fourth-order valence-corrected chi connectivity index (χ4v) is 4.99. The van der Waals surface area contributed by atoms with Gasteiger partial charge < -0.3 is 0 Å². The molecule has 0 bridgehead atoms. The summed E-state index contributed by atoms with van der Waals surface area (Å²) in [5, 5.41) is 0. The highest BCUT2D eigenvalue weighted by Gasteiger charge is 2.45. The maximum atomic E-state index is 12.8. The van der Waals surface area contributed by atoms with Crippen LogP contribution in [0.2, 0.25) is 0 Å². The zero-order chi connectivity index (χ0) is 25.2. The van der Waals surface area contributed by atoms with Gasteiger partial charge in [0.25, 0.3) is 0 Å². The van der Waals surface area contributed by atoms with Crippen molar-refractivity contribution in [3.8, 4) is 0 Å². The van der Waals surface area contributed by atoms with Crippen LogP contribution in [-0.4, -0.2) is 23.6 Å². The van der Waals surface area contributed by atoms with Crippen molar-refractivity contribution >= 4 is 11.9 Å². The summed E-state index contributed by atoms with van der Waals surface area (Å²) in [6.45, 7) is 15.4. The predicted octanol–water partition coefficient (Wildman–Crippen LogP) is 6.36. The second-order valence-corrected chi connectivity index (χ2v) is 10.1. The third kappa shape index (κ3) is 5.68. The zero-order valence-corrected chi connectivity index (χ0v) is 21.5. The van der Waals surface area contributed by atoms with Crippen LogP contribution in [0.15, 0.2) is 24.3 Å². The minimum atomic E-state index is -0.952. The fraction of sp³-hybridized carbons (Fsp3) is 0.500. The van der Waals surface area contributed by atoms with E-state index in [1.807, 2.05) is 72.7 Å². The summed E-state index contributed by atoms with van der Waals surface area (Å²) in [5.74, 6) is -0.740. The number of rotatable bonds is 6. The van der Waals surface area contributed by atoms with E-state index in [0.717, 1.165) is 39.8 Å². The molecule has 1 aliphatic carbocycles. The van der Waals surface area contributed by atoms with E-state index in [-0.39, 0.29) is 0 Å². The Labute approximate surface area is 202 Å². The van der Waals surface area contributed by atoms with Crippen molar-refractivity contribution < 1.29 is 29.1 Å². The second kappa shape index (κ2) is 10.3. The second-order valence-electron chi connectivity index (χ2n) is 10.1. The van der Waals surface area contributed by atoms with Crippen LogP contribution in [0, 0.1) is 47.5 Å². The van der Waals surface area contributed by atoms with Gasteiger partial charge in [0.15, 0.2) is 0 Å². The van der Waals surface area contributed by atoms with Crippen LogP contribution < -0.4 is 0 Å². The molecule has 34 heavy (non-hydrogen) atoms. The maximum Gasteiger partial charge on any atom is 0.373 e. The van der Waals surface area contributed by atoms with Gasteiger partial charge in [0, 0.05) is 0 Å². The molecule has 2 aromatic carbocycles. The first-order chi connectivity index (χ1) is 15.9. The highest BCUT2D eigenvalue weighted by Crippen LogP contribution is 2.37. The van der Waals surface area contributed by atoms with Crippen molar-refractivity contribution in [2.24, 2.45) is 5.92 Å². The van der Waals surface area contributed by atoms with E-state index in [2.05, 4.69) is 6.92 Å². The number of carbonyl (C=O) groups excluding carboxylic acids is 2. The van der Waals surface area contributed by atoms with E-state index in [9.17, 15) is 9.59 Å². The van der Waals surface area contributed by atoms with Gasteiger partial charge >= 0.3 is 11.9 Å². The molecule has 3 rings (SSSR count). The number of aryl methyl sites for hydroxylation is 6. The van der Waals surface area contributed by atoms with E-state index in [1.165, 1.54) is 0 Å². The molecular formula is C28H36O6. The monoisotopic (exact) mass is 468 g/mol. The van der Waals surface area contributed by atoms with Crippen LogP contribution >= 0.6 is 0 Å². The molecule has 6 nitrogen and oxygen atoms in total. The van der Waals surface area contributed by atoms with E-state index in [1.54, 1.807) is 0 Å². The maximum absolute atomic E-state index is 12.8. The molecule has 1 aliphatic rings. The Balaban J connectivity index is 1.71. The third-order valence-corrected chi connectivity index (χ3v) is 6.74. The van der Waals surface area contributed by atoms with Crippen LogP contribution in [0.3, 0.4) is 0 Å². The lowest BCUT2D eigenvalue weighted by atomic mass is 9.78. The Kier molecular flexibility index (Phi) is 7.84. The molecule has 184 valence electrons. The highest BCUT2D eigenvalue weighted by atomic mass is 17.2. The van der Waals surface area contributed by atoms with Gasteiger partial charge in [0.2, 0.25) is 0 Å². The summed E-state index contributed by atoms with van der Waals surface area (Å²) < 4.78 is 0. The van der Waals surface area contributed by atoms with Crippen molar-refractivity contribution in [1.29, 1.82) is 0 Å². The Morgan fingerprint density at radius 3 is 1.71 bits per heavy atom. The molecule has 0 aromatic heterocycles. The molecule has 1 fully saturated rings. The van der Waals surface area contributed by atoms with Crippen molar-refractivity contribution in [2.45, 2.75) is 86.4 Å². The molecule has 2 aromatic rings. The summed E-state index contributed by atoms with van der Waals surface area (Å²) in [6.07, 6.45) is 1.49. The summed E-state index contributed by atoms with van der Waals surface area (Å²) in [6, 6.07) is 7.75. The molecule has 0 radical (unpaired) electrons. The molecule has 3 atom stereocenters. The number of carbonyl (C=O) groups is 2. The molecule has 0 spiro atoms. The average Bonchev–Trinajstić information content (AvgIpc) is 2.71. The van der Waals surface area contributed by atoms with Gasteiger partial charge in [-0.2, -0.15) is 9.78 Å². The van der Waals surface area contributed by atoms with Crippen LogP contribution in [0.4, 0.5) is 0 Å². The normalized spacial score (nSPS) is 22.4. The van der Waals surface area contributed by atoms with Gasteiger partial charge in [-0.3, -0.25) is 9.78 Å². The SMILES string of the molecule is Cc1cc(C)c(C(=O)OOC2CC(C)CCC2(C)OOC(=O)c2c(C)cc(C)cc2C)c(C)c1. The van der Waals surface area contributed by atoms with Crippen molar-refractivity contribution in [3.05, 3.63) is 68.8 Å². The van der Waals surface area contributed by atoms with Crippen LogP contribution in [0.25, 0.3) is 0 Å². The van der Waals surface area contributed by atoms with E-state index >= 15 is 0 Å². The van der Waals surface area contributed by atoms with E-state index in [4.69, 9.17) is 19.6 Å². The van der Waals surface area contributed by atoms with Crippen molar-refractivity contribution in [2.75, 3.05) is 0 Å². The first-order valence-corrected chi connectivity index (χ1v) is 11.8. The number of benzene rings is 2. The van der Waals surface area contributed by atoms with Gasteiger partial charge in [-0.25, -0.2) is 9.59 Å². The van der Waals surface area contributed by atoms with Gasteiger partial charge in [-0.15, -0.1) is 0 Å². The quantitative estimate of drug-likeness (QED) is 0.363. The Hall–Kier alpha value is -2.70. The molecule has 3 unspecified atom stereocenters. The first-order valence-electron chi connectivity index (χ1n) is 11.8. The van der Waals surface area contributed by atoms with Crippen LogP contribution in [0.1, 0.15) is 87.2 Å². The Bertz CT molecular complexity index is 1040. The molecule has 0 saturated heterocycles. The lowest BCUT2D eigenvalue weighted by molar-refractivity contribution is -0.388. The predicted molar refractivity (Wildman–Crippen MR) is 130 cm³/mol. The molecule has 6 heteroatoms. The van der Waals surface area contributed by atoms with Crippen LogP contribution in [-0.2, 0) is 19.6 Å². The summed E-state index contributed by atoms with van der Waals surface area (Å²) in [5.41, 5.74) is 5.52. The largest absolute Gasteiger partial charge is 0.373 e. The topological polar surface area (TPSA) is 71.1 Å². The van der Waals surface area contributed by atoms with Crippen molar-refractivity contribution in [1.82, 2.24) is 0 Å². The fourth-order valence-electron chi connectivity index (χ4n) is 4.99. The average molecular weight is 469 g/mol. The van der Waals surface area contributed by atoms with Crippen LogP contribution in [0.5, 0.6) is 0 Å². The molecule has 1 saturated carbocycles. The Morgan fingerprint density at radius 1 is 0.794 bits per heavy atom. The smallest absolute Gasteiger partial charge is 0.292 e.